The zero-order valence-corrected chi connectivity index (χ0v) is 12.4. The lowest BCUT2D eigenvalue weighted by Gasteiger charge is -2.22. The molecule has 1 aliphatic heterocycles. The first-order valence-corrected chi connectivity index (χ1v) is 7.64. The van der Waals surface area contributed by atoms with Crippen molar-refractivity contribution in [1.29, 1.82) is 0 Å². The molecule has 0 bridgehead atoms. The number of carbonyl (C=O) groups excluding carboxylic acids is 1. The van der Waals surface area contributed by atoms with Crippen LogP contribution in [0, 0.1) is 0 Å². The Labute approximate surface area is 119 Å². The molecule has 1 N–H and O–H groups in total. The van der Waals surface area contributed by atoms with E-state index in [0.29, 0.717) is 6.42 Å². The maximum Gasteiger partial charge on any atom is 0.227 e. The van der Waals surface area contributed by atoms with E-state index in [9.17, 15) is 9.90 Å². The second-order valence-corrected chi connectivity index (χ2v) is 7.39. The first-order chi connectivity index (χ1) is 8.96. The Morgan fingerprint density at radius 2 is 2.21 bits per heavy atom. The number of hydrogen-bond donors (Lipinski definition) is 1. The zero-order chi connectivity index (χ0) is 13.9. The molecular weight excluding hydrogens is 258 g/mol. The van der Waals surface area contributed by atoms with Gasteiger partial charge in [-0.05, 0) is 24.1 Å². The van der Waals surface area contributed by atoms with Crippen LogP contribution in [-0.4, -0.2) is 39.5 Å². The van der Waals surface area contributed by atoms with E-state index < -0.39 is 0 Å². The monoisotopic (exact) mass is 279 g/mol. The third-order valence-corrected chi connectivity index (χ3v) is 4.83. The zero-order valence-electron chi connectivity index (χ0n) is 11.6. The predicted molar refractivity (Wildman–Crippen MR) is 79.5 cm³/mol. The number of phenolic OH excluding ortho intramolecular Hbond substituents is 1. The summed E-state index contributed by atoms with van der Waals surface area (Å²) in [6.45, 7) is 6.13. The number of thioether (sulfide) groups is 1. The lowest BCUT2D eigenvalue weighted by molar-refractivity contribution is -0.130. The molecular formula is C15H21NO2S. The first kappa shape index (κ1) is 14.3. The minimum Gasteiger partial charge on any atom is -0.508 e. The Hall–Kier alpha value is -1.16. The summed E-state index contributed by atoms with van der Waals surface area (Å²) in [5.74, 6) is 1.38. The molecule has 0 saturated carbocycles. The van der Waals surface area contributed by atoms with Gasteiger partial charge in [-0.25, -0.2) is 0 Å². The van der Waals surface area contributed by atoms with E-state index in [4.69, 9.17) is 0 Å². The Kier molecular flexibility index (Phi) is 4.40. The molecule has 0 aromatic heterocycles. The maximum absolute atomic E-state index is 12.3. The molecule has 1 saturated heterocycles. The van der Waals surface area contributed by atoms with Crippen molar-refractivity contribution in [3.63, 3.8) is 0 Å². The third kappa shape index (κ3) is 4.16. The average Bonchev–Trinajstić information content (AvgIpc) is 2.50. The predicted octanol–water partition coefficient (Wildman–Crippen LogP) is 2.68. The van der Waals surface area contributed by atoms with Gasteiger partial charge in [-0.2, -0.15) is 11.8 Å². The average molecular weight is 279 g/mol. The number of amides is 1. The van der Waals surface area contributed by atoms with E-state index in [0.717, 1.165) is 30.8 Å². The van der Waals surface area contributed by atoms with Crippen LogP contribution in [0.2, 0.25) is 0 Å². The summed E-state index contributed by atoms with van der Waals surface area (Å²) in [4.78, 5) is 14.2. The molecule has 0 aliphatic carbocycles. The van der Waals surface area contributed by atoms with Crippen LogP contribution in [0.4, 0.5) is 0 Å². The summed E-state index contributed by atoms with van der Waals surface area (Å²) < 4.78 is 0.264. The molecule has 104 valence electrons. The smallest absolute Gasteiger partial charge is 0.227 e. The fourth-order valence-corrected chi connectivity index (χ4v) is 3.32. The molecule has 3 nitrogen and oxygen atoms in total. The molecule has 1 heterocycles. The van der Waals surface area contributed by atoms with Crippen LogP contribution in [0.5, 0.6) is 5.75 Å². The van der Waals surface area contributed by atoms with Crippen molar-refractivity contribution in [3.8, 4) is 5.75 Å². The fourth-order valence-electron chi connectivity index (χ4n) is 2.22. The first-order valence-electron chi connectivity index (χ1n) is 6.66. The molecule has 1 amide bonds. The normalized spacial score (nSPS) is 18.9. The van der Waals surface area contributed by atoms with Gasteiger partial charge in [-0.3, -0.25) is 4.79 Å². The molecule has 1 aliphatic rings. The van der Waals surface area contributed by atoms with Crippen LogP contribution in [0.3, 0.4) is 0 Å². The Bertz CT molecular complexity index is 459. The minimum absolute atomic E-state index is 0.156. The van der Waals surface area contributed by atoms with E-state index in [1.54, 1.807) is 18.2 Å². The van der Waals surface area contributed by atoms with E-state index in [1.165, 1.54) is 0 Å². The number of carbonyl (C=O) groups is 1. The molecule has 19 heavy (non-hydrogen) atoms. The highest BCUT2D eigenvalue weighted by atomic mass is 32.2. The molecule has 2 rings (SSSR count). The van der Waals surface area contributed by atoms with Gasteiger partial charge in [0.2, 0.25) is 5.91 Å². The minimum atomic E-state index is 0.156. The van der Waals surface area contributed by atoms with Gasteiger partial charge in [0, 0.05) is 23.6 Å². The number of rotatable bonds is 2. The van der Waals surface area contributed by atoms with E-state index >= 15 is 0 Å². The Balaban J connectivity index is 1.96. The van der Waals surface area contributed by atoms with Crippen LogP contribution >= 0.6 is 11.8 Å². The highest BCUT2D eigenvalue weighted by Gasteiger charge is 2.25. The third-order valence-electron chi connectivity index (χ3n) is 3.46. The molecule has 1 aromatic rings. The van der Waals surface area contributed by atoms with Crippen LogP contribution in [-0.2, 0) is 11.2 Å². The lowest BCUT2D eigenvalue weighted by atomic mass is 10.1. The van der Waals surface area contributed by atoms with Crippen molar-refractivity contribution in [2.75, 3.05) is 18.8 Å². The van der Waals surface area contributed by atoms with Crippen molar-refractivity contribution in [3.05, 3.63) is 29.8 Å². The topological polar surface area (TPSA) is 40.5 Å². The van der Waals surface area contributed by atoms with Crippen LogP contribution < -0.4 is 0 Å². The Morgan fingerprint density at radius 3 is 2.95 bits per heavy atom. The summed E-state index contributed by atoms with van der Waals surface area (Å²) >= 11 is 1.94. The second kappa shape index (κ2) is 5.87. The van der Waals surface area contributed by atoms with Gasteiger partial charge in [0.1, 0.15) is 5.75 Å². The summed E-state index contributed by atoms with van der Waals surface area (Å²) in [5, 5.41) is 9.42. The standard InChI is InChI=1S/C15H21NO2S/c1-15(2)6-7-16(8-9-19-15)14(18)11-12-4-3-5-13(17)10-12/h3-5,10,17H,6-9,11H2,1-2H3. The SMILES string of the molecule is CC1(C)CCN(C(=O)Cc2cccc(O)c2)CCS1. The number of benzene rings is 1. The van der Waals surface area contributed by atoms with Crippen molar-refractivity contribution >= 4 is 17.7 Å². The van der Waals surface area contributed by atoms with E-state index in [1.807, 2.05) is 22.7 Å². The van der Waals surface area contributed by atoms with Gasteiger partial charge in [0.15, 0.2) is 0 Å². The summed E-state index contributed by atoms with van der Waals surface area (Å²) in [7, 11) is 0. The maximum atomic E-state index is 12.3. The Morgan fingerprint density at radius 1 is 1.42 bits per heavy atom. The van der Waals surface area contributed by atoms with Gasteiger partial charge in [-0.1, -0.05) is 26.0 Å². The van der Waals surface area contributed by atoms with Crippen LogP contribution in [0.1, 0.15) is 25.8 Å². The van der Waals surface area contributed by atoms with Crippen molar-refractivity contribution in [2.45, 2.75) is 31.4 Å². The van der Waals surface area contributed by atoms with Crippen molar-refractivity contribution in [1.82, 2.24) is 4.90 Å². The number of aromatic hydroxyl groups is 1. The second-order valence-electron chi connectivity index (χ2n) is 5.59. The molecule has 0 atom stereocenters. The fraction of sp³-hybridized carbons (Fsp3) is 0.533. The molecule has 0 radical (unpaired) electrons. The number of nitrogens with zero attached hydrogens (tertiary/aromatic N) is 1. The van der Waals surface area contributed by atoms with Gasteiger partial charge in [-0.15, -0.1) is 0 Å². The highest BCUT2D eigenvalue weighted by Crippen LogP contribution is 2.30. The molecule has 0 unspecified atom stereocenters. The van der Waals surface area contributed by atoms with Gasteiger partial charge in [0.05, 0.1) is 6.42 Å². The van der Waals surface area contributed by atoms with Gasteiger partial charge in [0.25, 0.3) is 0 Å². The van der Waals surface area contributed by atoms with E-state index in [2.05, 4.69) is 13.8 Å². The van der Waals surface area contributed by atoms with Crippen molar-refractivity contribution < 1.29 is 9.90 Å². The van der Waals surface area contributed by atoms with Crippen LogP contribution in [0.15, 0.2) is 24.3 Å². The van der Waals surface area contributed by atoms with E-state index in [-0.39, 0.29) is 16.4 Å². The van der Waals surface area contributed by atoms with Crippen molar-refractivity contribution in [2.24, 2.45) is 0 Å². The summed E-state index contributed by atoms with van der Waals surface area (Å²) in [6.07, 6.45) is 1.41. The van der Waals surface area contributed by atoms with Gasteiger partial charge >= 0.3 is 0 Å². The quantitative estimate of drug-likeness (QED) is 0.905. The molecule has 1 aromatic carbocycles. The molecule has 0 spiro atoms. The van der Waals surface area contributed by atoms with Crippen LogP contribution in [0.25, 0.3) is 0 Å². The number of phenols is 1. The van der Waals surface area contributed by atoms with Gasteiger partial charge < -0.3 is 10.0 Å². The molecule has 4 heteroatoms. The summed E-state index contributed by atoms with van der Waals surface area (Å²) in [5.41, 5.74) is 0.876. The largest absolute Gasteiger partial charge is 0.508 e. The highest BCUT2D eigenvalue weighted by molar-refractivity contribution is 8.00. The molecule has 1 fully saturated rings. The number of hydrogen-bond acceptors (Lipinski definition) is 3. The lowest BCUT2D eigenvalue weighted by Crippen LogP contribution is -2.34. The summed E-state index contributed by atoms with van der Waals surface area (Å²) in [6, 6.07) is 6.95.